The lowest BCUT2D eigenvalue weighted by molar-refractivity contribution is -0.145. The standard InChI is InChI=1S/C15H18F3NO3/c1-8(2)19(7-9(3)15(21)22-4)14(20)10-5-6-11(16)13(18)12(10)17/h5-6,8-9H,7H2,1-4H3. The molecule has 1 rings (SSSR count). The van der Waals surface area contributed by atoms with Gasteiger partial charge in [-0.25, -0.2) is 13.2 Å². The van der Waals surface area contributed by atoms with Crippen LogP contribution in [0.25, 0.3) is 0 Å². The van der Waals surface area contributed by atoms with Crippen LogP contribution < -0.4 is 0 Å². The number of hydrogen-bond acceptors (Lipinski definition) is 3. The Hall–Kier alpha value is -2.05. The van der Waals surface area contributed by atoms with Gasteiger partial charge in [-0.05, 0) is 26.0 Å². The summed E-state index contributed by atoms with van der Waals surface area (Å²) >= 11 is 0. The van der Waals surface area contributed by atoms with E-state index in [2.05, 4.69) is 4.74 Å². The first-order chi connectivity index (χ1) is 10.2. The summed E-state index contributed by atoms with van der Waals surface area (Å²) in [5, 5.41) is 0. The van der Waals surface area contributed by atoms with E-state index in [0.717, 1.165) is 6.07 Å². The SMILES string of the molecule is COC(=O)C(C)CN(C(=O)c1ccc(F)c(F)c1F)C(C)C. The lowest BCUT2D eigenvalue weighted by Gasteiger charge is -2.29. The Morgan fingerprint density at radius 3 is 2.23 bits per heavy atom. The number of nitrogens with zero attached hydrogens (tertiary/aromatic N) is 1. The Bertz CT molecular complexity index is 575. The van der Waals surface area contributed by atoms with E-state index >= 15 is 0 Å². The van der Waals surface area contributed by atoms with E-state index in [-0.39, 0.29) is 12.6 Å². The number of rotatable bonds is 5. The summed E-state index contributed by atoms with van der Waals surface area (Å²) in [4.78, 5) is 25.0. The van der Waals surface area contributed by atoms with Crippen molar-refractivity contribution < 1.29 is 27.5 Å². The van der Waals surface area contributed by atoms with Crippen molar-refractivity contribution in [3.8, 4) is 0 Å². The predicted octanol–water partition coefficient (Wildman–Crippen LogP) is 2.76. The quantitative estimate of drug-likeness (QED) is 0.620. The number of hydrogen-bond donors (Lipinski definition) is 0. The summed E-state index contributed by atoms with van der Waals surface area (Å²) in [6, 6.07) is 1.20. The molecule has 22 heavy (non-hydrogen) atoms. The number of benzene rings is 1. The number of methoxy groups -OCH3 is 1. The molecular weight excluding hydrogens is 299 g/mol. The van der Waals surface area contributed by atoms with Crippen LogP contribution in [0.2, 0.25) is 0 Å². The van der Waals surface area contributed by atoms with Gasteiger partial charge in [0.15, 0.2) is 17.5 Å². The third-order valence-corrected chi connectivity index (χ3v) is 3.22. The summed E-state index contributed by atoms with van der Waals surface area (Å²) < 4.78 is 44.5. The smallest absolute Gasteiger partial charge is 0.310 e. The van der Waals surface area contributed by atoms with Crippen molar-refractivity contribution in [3.05, 3.63) is 35.1 Å². The minimum Gasteiger partial charge on any atom is -0.469 e. The predicted molar refractivity (Wildman–Crippen MR) is 73.7 cm³/mol. The van der Waals surface area contributed by atoms with Gasteiger partial charge >= 0.3 is 5.97 Å². The fraction of sp³-hybridized carbons (Fsp3) is 0.467. The molecule has 1 aromatic carbocycles. The summed E-state index contributed by atoms with van der Waals surface area (Å²) in [6.07, 6.45) is 0. The summed E-state index contributed by atoms with van der Waals surface area (Å²) in [7, 11) is 1.22. The molecule has 0 bridgehead atoms. The molecule has 0 fully saturated rings. The molecule has 0 radical (unpaired) electrons. The summed E-state index contributed by atoms with van der Waals surface area (Å²) in [6.45, 7) is 4.86. The van der Waals surface area contributed by atoms with Crippen molar-refractivity contribution in [3.63, 3.8) is 0 Å². The van der Waals surface area contributed by atoms with Gasteiger partial charge in [-0.2, -0.15) is 0 Å². The van der Waals surface area contributed by atoms with E-state index in [1.54, 1.807) is 20.8 Å². The maximum atomic E-state index is 13.7. The maximum absolute atomic E-state index is 13.7. The first-order valence-corrected chi connectivity index (χ1v) is 6.73. The third-order valence-electron chi connectivity index (χ3n) is 3.22. The molecule has 0 heterocycles. The number of halogens is 3. The number of amides is 1. The second kappa shape index (κ2) is 7.29. The van der Waals surface area contributed by atoms with E-state index in [1.807, 2.05) is 0 Å². The van der Waals surface area contributed by atoms with Crippen molar-refractivity contribution in [1.82, 2.24) is 4.90 Å². The molecule has 0 aliphatic heterocycles. The normalized spacial score (nSPS) is 12.2. The molecule has 0 N–H and O–H groups in total. The third kappa shape index (κ3) is 3.78. The Kier molecular flexibility index (Phi) is 5.96. The van der Waals surface area contributed by atoms with Crippen LogP contribution in [0.15, 0.2) is 12.1 Å². The van der Waals surface area contributed by atoms with E-state index in [0.29, 0.717) is 6.07 Å². The second-order valence-corrected chi connectivity index (χ2v) is 5.20. The first-order valence-electron chi connectivity index (χ1n) is 6.73. The maximum Gasteiger partial charge on any atom is 0.310 e. The summed E-state index contributed by atoms with van der Waals surface area (Å²) in [5.41, 5.74) is -0.579. The lowest BCUT2D eigenvalue weighted by atomic mass is 10.1. The van der Waals surface area contributed by atoms with Crippen LogP contribution in [0.3, 0.4) is 0 Å². The van der Waals surface area contributed by atoms with Crippen molar-refractivity contribution in [1.29, 1.82) is 0 Å². The van der Waals surface area contributed by atoms with Gasteiger partial charge < -0.3 is 9.64 Å². The number of esters is 1. The largest absolute Gasteiger partial charge is 0.469 e. The fourth-order valence-corrected chi connectivity index (χ4v) is 1.94. The molecule has 0 aromatic heterocycles. The number of carbonyl (C=O) groups is 2. The van der Waals surface area contributed by atoms with Crippen LogP contribution in [0.5, 0.6) is 0 Å². The molecule has 0 saturated heterocycles. The van der Waals surface area contributed by atoms with Crippen LogP contribution >= 0.6 is 0 Å². The van der Waals surface area contributed by atoms with Crippen molar-refractivity contribution in [2.75, 3.05) is 13.7 Å². The van der Waals surface area contributed by atoms with E-state index < -0.39 is 40.8 Å². The zero-order valence-corrected chi connectivity index (χ0v) is 12.8. The average Bonchev–Trinajstić information content (AvgIpc) is 2.48. The second-order valence-electron chi connectivity index (χ2n) is 5.20. The highest BCUT2D eigenvalue weighted by molar-refractivity contribution is 5.95. The molecule has 4 nitrogen and oxygen atoms in total. The molecule has 0 aliphatic rings. The van der Waals surface area contributed by atoms with Gasteiger partial charge in [0.1, 0.15) is 0 Å². The molecule has 1 atom stereocenters. The van der Waals surface area contributed by atoms with Gasteiger partial charge in [-0.3, -0.25) is 9.59 Å². The molecule has 122 valence electrons. The Morgan fingerprint density at radius 2 is 1.73 bits per heavy atom. The van der Waals surface area contributed by atoms with Gasteiger partial charge in [-0.1, -0.05) is 6.92 Å². The molecule has 1 aromatic rings. The monoisotopic (exact) mass is 317 g/mol. The molecule has 1 unspecified atom stereocenters. The topological polar surface area (TPSA) is 46.6 Å². The molecule has 0 spiro atoms. The van der Waals surface area contributed by atoms with E-state index in [4.69, 9.17) is 0 Å². The highest BCUT2D eigenvalue weighted by Crippen LogP contribution is 2.19. The van der Waals surface area contributed by atoms with Crippen molar-refractivity contribution >= 4 is 11.9 Å². The summed E-state index contributed by atoms with van der Waals surface area (Å²) in [5.74, 6) is -6.58. The zero-order valence-electron chi connectivity index (χ0n) is 12.8. The molecule has 0 aliphatic carbocycles. The van der Waals surface area contributed by atoms with Crippen molar-refractivity contribution in [2.45, 2.75) is 26.8 Å². The molecular formula is C15H18F3NO3. The molecule has 7 heteroatoms. The number of carbonyl (C=O) groups excluding carboxylic acids is 2. The highest BCUT2D eigenvalue weighted by Gasteiger charge is 2.28. The highest BCUT2D eigenvalue weighted by atomic mass is 19.2. The Labute approximate surface area is 126 Å². The Morgan fingerprint density at radius 1 is 1.14 bits per heavy atom. The minimum atomic E-state index is -1.70. The zero-order chi connectivity index (χ0) is 17.0. The molecule has 0 saturated carbocycles. The van der Waals surface area contributed by atoms with Crippen LogP contribution in [-0.2, 0) is 9.53 Å². The van der Waals surface area contributed by atoms with Gasteiger partial charge in [-0.15, -0.1) is 0 Å². The van der Waals surface area contributed by atoms with Gasteiger partial charge in [0.25, 0.3) is 5.91 Å². The van der Waals surface area contributed by atoms with Gasteiger partial charge in [0.2, 0.25) is 0 Å². The van der Waals surface area contributed by atoms with Gasteiger partial charge in [0, 0.05) is 12.6 Å². The van der Waals surface area contributed by atoms with Gasteiger partial charge in [0.05, 0.1) is 18.6 Å². The lowest BCUT2D eigenvalue weighted by Crippen LogP contribution is -2.42. The first kappa shape index (κ1) is 18.0. The minimum absolute atomic E-state index is 0.0262. The number of ether oxygens (including phenoxy) is 1. The van der Waals surface area contributed by atoms with Crippen LogP contribution in [0.1, 0.15) is 31.1 Å². The van der Waals surface area contributed by atoms with E-state index in [9.17, 15) is 22.8 Å². The molecule has 1 amide bonds. The van der Waals surface area contributed by atoms with Crippen LogP contribution in [0, 0.1) is 23.4 Å². The van der Waals surface area contributed by atoms with Crippen LogP contribution in [0.4, 0.5) is 13.2 Å². The van der Waals surface area contributed by atoms with E-state index in [1.165, 1.54) is 12.0 Å². The Balaban J connectivity index is 3.10. The van der Waals surface area contributed by atoms with Crippen molar-refractivity contribution in [2.24, 2.45) is 5.92 Å². The van der Waals surface area contributed by atoms with Crippen LogP contribution in [-0.4, -0.2) is 36.5 Å². The fourth-order valence-electron chi connectivity index (χ4n) is 1.94. The average molecular weight is 317 g/mol.